The summed E-state index contributed by atoms with van der Waals surface area (Å²) < 4.78 is 34.1. The molecule has 2 fully saturated rings. The summed E-state index contributed by atoms with van der Waals surface area (Å²) in [6.07, 6.45) is 0.00320. The molecule has 0 N–H and O–H groups in total. The Morgan fingerprint density at radius 3 is 2.07 bits per heavy atom. The van der Waals surface area contributed by atoms with E-state index < -0.39 is 0 Å². The maximum absolute atomic E-state index is 6.19. The van der Waals surface area contributed by atoms with Crippen molar-refractivity contribution in [2.45, 2.75) is 12.2 Å². The molecule has 0 bridgehead atoms. The van der Waals surface area contributed by atoms with E-state index in [0.717, 1.165) is 28.4 Å². The first kappa shape index (κ1) is 16.7. The van der Waals surface area contributed by atoms with Gasteiger partial charge in [-0.1, -0.05) is 12.1 Å². The van der Waals surface area contributed by atoms with Gasteiger partial charge in [-0.3, -0.25) is 0 Å². The number of hydrogen-bond donors (Lipinski definition) is 0. The van der Waals surface area contributed by atoms with Crippen molar-refractivity contribution < 1.29 is 28.4 Å². The van der Waals surface area contributed by atoms with Crippen LogP contribution < -0.4 is 18.9 Å². The third-order valence-electron chi connectivity index (χ3n) is 5.73. The van der Waals surface area contributed by atoms with Crippen molar-refractivity contribution in [1.82, 2.24) is 0 Å². The second-order valence-electron chi connectivity index (χ2n) is 7.06. The number of rotatable bonds is 4. The molecule has 5 rings (SSSR count). The Balaban J connectivity index is 1.39. The molecule has 4 atom stereocenters. The largest absolute Gasteiger partial charge is 0.493 e. The molecule has 0 saturated carbocycles. The van der Waals surface area contributed by atoms with E-state index >= 15 is 0 Å². The van der Waals surface area contributed by atoms with E-state index in [2.05, 4.69) is 6.07 Å². The van der Waals surface area contributed by atoms with E-state index in [0.29, 0.717) is 30.8 Å². The molecule has 3 aliphatic rings. The van der Waals surface area contributed by atoms with E-state index in [1.807, 2.05) is 30.3 Å². The van der Waals surface area contributed by atoms with Crippen LogP contribution in [0.25, 0.3) is 0 Å². The molecule has 0 aromatic heterocycles. The molecule has 0 unspecified atom stereocenters. The second-order valence-corrected chi connectivity index (χ2v) is 7.06. The van der Waals surface area contributed by atoms with Gasteiger partial charge in [0.05, 0.1) is 39.6 Å². The summed E-state index contributed by atoms with van der Waals surface area (Å²) >= 11 is 0. The monoisotopic (exact) mass is 370 g/mol. The zero-order valence-electron chi connectivity index (χ0n) is 15.3. The SMILES string of the molecule is COc1ccc([C@H]2OC[C@@H]3[C@@H]2CO[C@H]3c2ccc3c(c2)OCO3)cc1OC. The van der Waals surface area contributed by atoms with E-state index in [1.165, 1.54) is 0 Å². The lowest BCUT2D eigenvalue weighted by atomic mass is 9.85. The average molecular weight is 370 g/mol. The van der Waals surface area contributed by atoms with Crippen LogP contribution in [0.15, 0.2) is 36.4 Å². The number of methoxy groups -OCH3 is 2. The minimum Gasteiger partial charge on any atom is -0.493 e. The Morgan fingerprint density at radius 2 is 1.37 bits per heavy atom. The maximum Gasteiger partial charge on any atom is 0.231 e. The van der Waals surface area contributed by atoms with Crippen LogP contribution in [-0.2, 0) is 9.47 Å². The molecule has 142 valence electrons. The lowest BCUT2D eigenvalue weighted by Gasteiger charge is -2.18. The smallest absolute Gasteiger partial charge is 0.231 e. The second kappa shape index (κ2) is 6.62. The summed E-state index contributed by atoms with van der Waals surface area (Å²) in [6.45, 7) is 1.62. The normalized spacial score (nSPS) is 28.2. The zero-order chi connectivity index (χ0) is 18.4. The summed E-state index contributed by atoms with van der Waals surface area (Å²) in [6, 6.07) is 12.0. The quantitative estimate of drug-likeness (QED) is 0.821. The van der Waals surface area contributed by atoms with E-state index in [4.69, 9.17) is 28.4 Å². The first-order valence-corrected chi connectivity index (χ1v) is 9.13. The highest BCUT2D eigenvalue weighted by Crippen LogP contribution is 2.51. The molecule has 6 heteroatoms. The Kier molecular flexibility index (Phi) is 4.10. The van der Waals surface area contributed by atoms with Gasteiger partial charge in [0.2, 0.25) is 6.79 Å². The fourth-order valence-electron chi connectivity index (χ4n) is 4.35. The highest BCUT2D eigenvalue weighted by atomic mass is 16.7. The number of fused-ring (bicyclic) bond motifs is 2. The van der Waals surface area contributed by atoms with E-state index in [1.54, 1.807) is 14.2 Å². The Labute approximate surface area is 157 Å². The van der Waals surface area contributed by atoms with Gasteiger partial charge in [-0.25, -0.2) is 0 Å². The topological polar surface area (TPSA) is 55.4 Å². The number of hydrogen-bond acceptors (Lipinski definition) is 6. The fourth-order valence-corrected chi connectivity index (χ4v) is 4.35. The van der Waals surface area contributed by atoms with Crippen molar-refractivity contribution in [1.29, 1.82) is 0 Å². The van der Waals surface area contributed by atoms with Crippen LogP contribution in [0, 0.1) is 11.8 Å². The van der Waals surface area contributed by atoms with Crippen molar-refractivity contribution in [3.63, 3.8) is 0 Å². The van der Waals surface area contributed by atoms with Crippen molar-refractivity contribution in [3.8, 4) is 23.0 Å². The summed E-state index contributed by atoms with van der Waals surface area (Å²) in [4.78, 5) is 0. The van der Waals surface area contributed by atoms with Gasteiger partial charge in [0.1, 0.15) is 0 Å². The highest BCUT2D eigenvalue weighted by Gasteiger charge is 2.48. The molecule has 2 aromatic rings. The molecule has 3 aliphatic heterocycles. The summed E-state index contributed by atoms with van der Waals surface area (Å²) in [5, 5.41) is 0. The van der Waals surface area contributed by atoms with Crippen molar-refractivity contribution >= 4 is 0 Å². The van der Waals surface area contributed by atoms with Gasteiger partial charge in [-0.15, -0.1) is 0 Å². The number of benzene rings is 2. The molecule has 0 amide bonds. The van der Waals surface area contributed by atoms with Crippen LogP contribution in [0.3, 0.4) is 0 Å². The Bertz CT molecular complexity index is 851. The van der Waals surface area contributed by atoms with Crippen LogP contribution in [0.1, 0.15) is 23.3 Å². The van der Waals surface area contributed by atoms with Crippen LogP contribution >= 0.6 is 0 Å². The lowest BCUT2D eigenvalue weighted by Crippen LogP contribution is -2.14. The van der Waals surface area contributed by atoms with Gasteiger partial charge in [0.25, 0.3) is 0 Å². The van der Waals surface area contributed by atoms with Crippen LogP contribution in [0.5, 0.6) is 23.0 Å². The average Bonchev–Trinajstić information content (AvgIpc) is 3.42. The molecule has 6 nitrogen and oxygen atoms in total. The van der Waals surface area contributed by atoms with Crippen molar-refractivity contribution in [2.24, 2.45) is 11.8 Å². The molecule has 0 spiro atoms. The molecule has 3 heterocycles. The third kappa shape index (κ3) is 2.71. The van der Waals surface area contributed by atoms with Gasteiger partial charge in [-0.05, 0) is 35.4 Å². The minimum atomic E-state index is -0.00573. The van der Waals surface area contributed by atoms with Crippen LogP contribution in [-0.4, -0.2) is 34.2 Å². The first-order valence-electron chi connectivity index (χ1n) is 9.13. The maximum atomic E-state index is 6.19. The molecule has 2 saturated heterocycles. The van der Waals surface area contributed by atoms with Gasteiger partial charge in [0.15, 0.2) is 23.0 Å². The molecular formula is C21H22O6. The third-order valence-corrected chi connectivity index (χ3v) is 5.73. The van der Waals surface area contributed by atoms with Crippen LogP contribution in [0.2, 0.25) is 0 Å². The fraction of sp³-hybridized carbons (Fsp3) is 0.429. The highest BCUT2D eigenvalue weighted by molar-refractivity contribution is 5.46. The molecule has 0 radical (unpaired) electrons. The lowest BCUT2D eigenvalue weighted by molar-refractivity contribution is 0.0191. The van der Waals surface area contributed by atoms with Gasteiger partial charge >= 0.3 is 0 Å². The van der Waals surface area contributed by atoms with E-state index in [9.17, 15) is 0 Å². The van der Waals surface area contributed by atoms with Crippen LogP contribution in [0.4, 0.5) is 0 Å². The first-order chi connectivity index (χ1) is 13.3. The summed E-state index contributed by atoms with van der Waals surface area (Å²) in [5.74, 6) is 3.63. The number of ether oxygens (including phenoxy) is 6. The predicted molar refractivity (Wildman–Crippen MR) is 96.5 cm³/mol. The predicted octanol–water partition coefficient (Wildman–Crippen LogP) is 3.51. The molecule has 27 heavy (non-hydrogen) atoms. The molecule has 2 aromatic carbocycles. The van der Waals surface area contributed by atoms with E-state index in [-0.39, 0.29) is 19.0 Å². The van der Waals surface area contributed by atoms with Gasteiger partial charge in [-0.2, -0.15) is 0 Å². The Hall–Kier alpha value is -2.44. The minimum absolute atomic E-state index is 0.00573. The molecular weight excluding hydrogens is 348 g/mol. The standard InChI is InChI=1S/C21H22O6/c1-22-16-5-3-12(7-18(16)23-2)20-14-9-25-21(15(14)10-24-20)13-4-6-17-19(8-13)27-11-26-17/h3-8,14-15,20-21H,9-11H2,1-2H3/t14-,15+,20+,21-/m0/s1. The summed E-state index contributed by atoms with van der Waals surface area (Å²) in [5.41, 5.74) is 2.21. The van der Waals surface area contributed by atoms with Crippen molar-refractivity contribution in [3.05, 3.63) is 47.5 Å². The Morgan fingerprint density at radius 1 is 0.741 bits per heavy atom. The summed E-state index contributed by atoms with van der Waals surface area (Å²) in [7, 11) is 3.29. The van der Waals surface area contributed by atoms with Gasteiger partial charge in [0, 0.05) is 11.8 Å². The van der Waals surface area contributed by atoms with Gasteiger partial charge < -0.3 is 28.4 Å². The van der Waals surface area contributed by atoms with Crippen molar-refractivity contribution in [2.75, 3.05) is 34.2 Å². The zero-order valence-corrected chi connectivity index (χ0v) is 15.3. The molecule has 0 aliphatic carbocycles.